The summed E-state index contributed by atoms with van der Waals surface area (Å²) in [5, 5.41) is 0. The normalized spacial score (nSPS) is 11.8. The van der Waals surface area contributed by atoms with Crippen LogP contribution in [0.15, 0.2) is 30.3 Å². The van der Waals surface area contributed by atoms with Gasteiger partial charge in [0.05, 0.1) is 12.7 Å². The maximum Gasteiger partial charge on any atom is 0.170 e. The third-order valence-electron chi connectivity index (χ3n) is 7.01. The van der Waals surface area contributed by atoms with Crippen molar-refractivity contribution in [1.29, 1.82) is 0 Å². The van der Waals surface area contributed by atoms with Gasteiger partial charge in [-0.2, -0.15) is 0 Å². The maximum atomic E-state index is 15.8. The van der Waals surface area contributed by atoms with E-state index < -0.39 is 34.4 Å². The smallest absolute Gasteiger partial charge is 0.170 e. The summed E-state index contributed by atoms with van der Waals surface area (Å²) in [4.78, 5) is 0. The molecular weight excluding hydrogens is 476 g/mol. The minimum Gasteiger partial charge on any atom is -0.496 e. The molecule has 0 saturated heterocycles. The fraction of sp³-hybridized carbons (Fsp3) is 0.438. The molecule has 0 N–H and O–H groups in total. The summed E-state index contributed by atoms with van der Waals surface area (Å²) in [6.07, 6.45) is 1.02. The molecule has 0 unspecified atom stereocenters. The summed E-state index contributed by atoms with van der Waals surface area (Å²) < 4.78 is 68.0. The summed E-state index contributed by atoms with van der Waals surface area (Å²) in [6.45, 7) is 13.7. The lowest BCUT2D eigenvalue weighted by molar-refractivity contribution is 0.416. The molecule has 0 spiro atoms. The molecule has 200 valence electrons. The van der Waals surface area contributed by atoms with Crippen LogP contribution in [-0.4, -0.2) is 7.11 Å². The number of unbranched alkanes of at least 4 members (excludes halogenated alkanes) is 1. The average molecular weight is 515 g/mol. The van der Waals surface area contributed by atoms with Crippen molar-refractivity contribution < 1.29 is 22.3 Å². The van der Waals surface area contributed by atoms with Gasteiger partial charge >= 0.3 is 0 Å². The molecule has 0 aliphatic carbocycles. The van der Waals surface area contributed by atoms with E-state index in [9.17, 15) is 0 Å². The number of hydrogen-bond donors (Lipinski definition) is 0. The Morgan fingerprint density at radius 2 is 1.24 bits per heavy atom. The number of methoxy groups -OCH3 is 1. The van der Waals surface area contributed by atoms with Gasteiger partial charge in [0, 0.05) is 11.1 Å². The van der Waals surface area contributed by atoms with Crippen molar-refractivity contribution in [3.8, 4) is 28.0 Å². The number of hydrogen-bond acceptors (Lipinski definition) is 1. The molecule has 0 amide bonds. The van der Waals surface area contributed by atoms with Gasteiger partial charge in [-0.15, -0.1) is 0 Å². The highest BCUT2D eigenvalue weighted by atomic mass is 19.2. The third kappa shape index (κ3) is 5.28. The Morgan fingerprint density at radius 1 is 0.703 bits per heavy atom. The van der Waals surface area contributed by atoms with Gasteiger partial charge in [-0.05, 0) is 64.5 Å². The first-order valence-corrected chi connectivity index (χ1v) is 13.2. The van der Waals surface area contributed by atoms with Crippen LogP contribution in [0.2, 0.25) is 0 Å². The molecule has 0 aliphatic heterocycles. The van der Waals surface area contributed by atoms with Crippen molar-refractivity contribution in [3.05, 3.63) is 75.9 Å². The van der Waals surface area contributed by atoms with Crippen LogP contribution in [0.4, 0.5) is 17.6 Å². The largest absolute Gasteiger partial charge is 0.496 e. The SMILES string of the molecule is CCCCc1c(F)c(F)c(-c2c(C(C)C)cc(C(C)C)c(-c3ccccc3OC)c2C(C)C)c(F)c1F. The third-order valence-corrected chi connectivity index (χ3v) is 7.01. The van der Waals surface area contributed by atoms with Gasteiger partial charge in [0.2, 0.25) is 0 Å². The second-order valence-corrected chi connectivity index (χ2v) is 10.6. The zero-order chi connectivity index (χ0) is 27.6. The van der Waals surface area contributed by atoms with Crippen LogP contribution in [0.25, 0.3) is 22.3 Å². The molecule has 0 atom stereocenters. The van der Waals surface area contributed by atoms with Crippen LogP contribution >= 0.6 is 0 Å². The predicted octanol–water partition coefficient (Wildman–Crippen LogP) is 10.3. The Bertz CT molecular complexity index is 1250. The highest BCUT2D eigenvalue weighted by molar-refractivity contribution is 5.87. The van der Waals surface area contributed by atoms with Crippen molar-refractivity contribution >= 4 is 0 Å². The van der Waals surface area contributed by atoms with Crippen LogP contribution in [0.3, 0.4) is 0 Å². The topological polar surface area (TPSA) is 9.23 Å². The molecule has 0 bridgehead atoms. The number of halogens is 4. The number of ether oxygens (including phenoxy) is 1. The van der Waals surface area contributed by atoms with Crippen LogP contribution in [0, 0.1) is 23.3 Å². The summed E-state index contributed by atoms with van der Waals surface area (Å²) in [5.41, 5.74) is 2.93. The van der Waals surface area contributed by atoms with E-state index in [4.69, 9.17) is 4.74 Å². The van der Waals surface area contributed by atoms with E-state index in [1.54, 1.807) is 7.11 Å². The number of rotatable bonds is 9. The van der Waals surface area contributed by atoms with Crippen molar-refractivity contribution in [2.75, 3.05) is 7.11 Å². The average Bonchev–Trinajstić information content (AvgIpc) is 2.86. The van der Waals surface area contributed by atoms with Crippen molar-refractivity contribution in [2.24, 2.45) is 0 Å². The molecule has 5 heteroatoms. The lowest BCUT2D eigenvalue weighted by atomic mass is 9.75. The Labute approximate surface area is 218 Å². The molecule has 37 heavy (non-hydrogen) atoms. The van der Waals surface area contributed by atoms with E-state index >= 15 is 17.6 Å². The molecule has 3 aromatic rings. The Balaban J connectivity index is 2.60. The van der Waals surface area contributed by atoms with E-state index in [1.807, 2.05) is 65.0 Å². The fourth-order valence-electron chi connectivity index (χ4n) is 5.14. The quantitative estimate of drug-likeness (QED) is 0.204. The van der Waals surface area contributed by atoms with E-state index in [-0.39, 0.29) is 29.7 Å². The van der Waals surface area contributed by atoms with Gasteiger partial charge in [-0.25, -0.2) is 17.6 Å². The maximum absolute atomic E-state index is 15.8. The summed E-state index contributed by atoms with van der Waals surface area (Å²) >= 11 is 0. The molecule has 0 saturated carbocycles. The number of benzene rings is 3. The molecule has 0 fully saturated rings. The summed E-state index contributed by atoms with van der Waals surface area (Å²) in [7, 11) is 1.57. The van der Waals surface area contributed by atoms with Crippen molar-refractivity contribution in [3.63, 3.8) is 0 Å². The molecule has 0 aliphatic rings. The molecular formula is C32H38F4O. The van der Waals surface area contributed by atoms with E-state index in [0.717, 1.165) is 16.7 Å². The second kappa shape index (κ2) is 11.7. The first-order valence-electron chi connectivity index (χ1n) is 13.2. The summed E-state index contributed by atoms with van der Waals surface area (Å²) in [6, 6.07) is 9.42. The lowest BCUT2D eigenvalue weighted by Crippen LogP contribution is -2.12. The minimum atomic E-state index is -1.34. The zero-order valence-electron chi connectivity index (χ0n) is 23.2. The van der Waals surface area contributed by atoms with Crippen LogP contribution in [0.5, 0.6) is 5.75 Å². The number of para-hydroxylation sites is 1. The van der Waals surface area contributed by atoms with Gasteiger partial charge in [-0.1, -0.05) is 79.2 Å². The molecule has 3 rings (SSSR count). The highest BCUT2D eigenvalue weighted by Gasteiger charge is 2.32. The Hall–Kier alpha value is -2.82. The van der Waals surface area contributed by atoms with Gasteiger partial charge in [0.15, 0.2) is 23.3 Å². The predicted molar refractivity (Wildman–Crippen MR) is 145 cm³/mol. The zero-order valence-corrected chi connectivity index (χ0v) is 23.2. The van der Waals surface area contributed by atoms with Gasteiger partial charge in [0.25, 0.3) is 0 Å². The van der Waals surface area contributed by atoms with Gasteiger partial charge in [-0.3, -0.25) is 0 Å². The molecule has 3 aromatic carbocycles. The Kier molecular flexibility index (Phi) is 9.09. The van der Waals surface area contributed by atoms with E-state index in [2.05, 4.69) is 13.8 Å². The molecule has 0 heterocycles. The first-order chi connectivity index (χ1) is 17.5. The van der Waals surface area contributed by atoms with Crippen molar-refractivity contribution in [1.82, 2.24) is 0 Å². The Morgan fingerprint density at radius 3 is 1.73 bits per heavy atom. The highest BCUT2D eigenvalue weighted by Crippen LogP contribution is 2.49. The first kappa shape index (κ1) is 28.7. The van der Waals surface area contributed by atoms with Crippen molar-refractivity contribution in [2.45, 2.75) is 85.5 Å². The standard InChI is InChI=1S/C32H38F4O/c1-9-10-13-21-29(33)31(35)28(32(36)30(21)34)27-23(18(4)5)16-22(17(2)3)26(25(27)19(6)7)20-14-11-12-15-24(20)37-8/h11-12,14-19H,9-10,13H2,1-8H3. The van der Waals surface area contributed by atoms with E-state index in [1.165, 1.54) is 0 Å². The minimum absolute atomic E-state index is 0.0604. The van der Waals surface area contributed by atoms with Crippen LogP contribution in [-0.2, 0) is 6.42 Å². The molecule has 0 radical (unpaired) electrons. The lowest BCUT2D eigenvalue weighted by Gasteiger charge is -2.29. The second-order valence-electron chi connectivity index (χ2n) is 10.6. The van der Waals surface area contributed by atoms with Gasteiger partial charge < -0.3 is 4.74 Å². The molecule has 0 aromatic heterocycles. The van der Waals surface area contributed by atoms with Crippen LogP contribution in [0.1, 0.15) is 101 Å². The monoisotopic (exact) mass is 514 g/mol. The van der Waals surface area contributed by atoms with Gasteiger partial charge in [0.1, 0.15) is 5.75 Å². The molecule has 1 nitrogen and oxygen atoms in total. The van der Waals surface area contributed by atoms with Crippen LogP contribution < -0.4 is 4.74 Å². The van der Waals surface area contributed by atoms with E-state index in [0.29, 0.717) is 29.7 Å². The fourth-order valence-corrected chi connectivity index (χ4v) is 5.14. The summed E-state index contributed by atoms with van der Waals surface area (Å²) in [5.74, 6) is -4.96.